The zero-order valence-electron chi connectivity index (χ0n) is 29.1. The van der Waals surface area contributed by atoms with Gasteiger partial charge in [-0.1, -0.05) is 87.2 Å². The third-order valence-electron chi connectivity index (χ3n) is 10.5. The molecular formula is C40H58N2O6. The van der Waals surface area contributed by atoms with E-state index in [-0.39, 0.29) is 48.2 Å². The van der Waals surface area contributed by atoms with Gasteiger partial charge in [0.1, 0.15) is 24.3 Å². The van der Waals surface area contributed by atoms with Crippen molar-refractivity contribution in [2.75, 3.05) is 6.61 Å². The van der Waals surface area contributed by atoms with Crippen LogP contribution in [0.3, 0.4) is 0 Å². The molecule has 3 fully saturated rings. The molecule has 1 aliphatic carbocycles. The average Bonchev–Trinajstić information content (AvgIpc) is 3.61. The Morgan fingerprint density at radius 1 is 0.688 bits per heavy atom. The lowest BCUT2D eigenvalue weighted by atomic mass is 9.84. The van der Waals surface area contributed by atoms with Crippen LogP contribution in [-0.2, 0) is 47.8 Å². The van der Waals surface area contributed by atoms with Gasteiger partial charge in [-0.3, -0.25) is 9.59 Å². The standard InChI is InChI=1S/C40H58N2O6/c1-3-22-45-37-27(2)46-39(43)34(41)20-10-16-31(37)25-29-14-9-15-30(23-29)26-36-38(47-33-18-7-8-19-33)32(24-28-12-5-4-6-13-28)17-11-21-35(42)40(44)48-36/h4-6,9,12-15,23,27,31-38H,3,7-8,10-11,16-22,24-26,41-42H2,1-2H3. The molecule has 0 radical (unpaired) electrons. The van der Waals surface area contributed by atoms with Gasteiger partial charge in [-0.15, -0.1) is 0 Å². The molecule has 2 saturated heterocycles. The molecule has 2 heterocycles. The molecular weight excluding hydrogens is 604 g/mol. The van der Waals surface area contributed by atoms with Crippen LogP contribution in [0.25, 0.3) is 0 Å². The third kappa shape index (κ3) is 10.4. The maximum absolute atomic E-state index is 13.3. The summed E-state index contributed by atoms with van der Waals surface area (Å²) in [6, 6.07) is 18.0. The van der Waals surface area contributed by atoms with Crippen LogP contribution < -0.4 is 11.5 Å². The second-order valence-corrected chi connectivity index (χ2v) is 14.5. The van der Waals surface area contributed by atoms with Crippen molar-refractivity contribution >= 4 is 11.9 Å². The molecule has 8 heteroatoms. The van der Waals surface area contributed by atoms with Crippen LogP contribution in [0, 0.1) is 11.8 Å². The van der Waals surface area contributed by atoms with Gasteiger partial charge in [-0.2, -0.15) is 0 Å². The van der Waals surface area contributed by atoms with E-state index in [1.54, 1.807) is 0 Å². The van der Waals surface area contributed by atoms with E-state index in [0.717, 1.165) is 63.4 Å². The van der Waals surface area contributed by atoms with E-state index in [2.05, 4.69) is 55.5 Å². The van der Waals surface area contributed by atoms with Crippen LogP contribution in [-0.4, -0.2) is 61.1 Å². The summed E-state index contributed by atoms with van der Waals surface area (Å²) < 4.78 is 25.5. The number of ether oxygens (including phenoxy) is 4. The highest BCUT2D eigenvalue weighted by atomic mass is 16.6. The molecule has 8 unspecified atom stereocenters. The number of nitrogens with two attached hydrogens (primary N) is 2. The van der Waals surface area contributed by atoms with Crippen molar-refractivity contribution < 1.29 is 28.5 Å². The average molecular weight is 663 g/mol. The minimum Gasteiger partial charge on any atom is -0.459 e. The Morgan fingerprint density at radius 2 is 1.27 bits per heavy atom. The predicted octanol–water partition coefficient (Wildman–Crippen LogP) is 6.24. The highest BCUT2D eigenvalue weighted by molar-refractivity contribution is 5.76. The molecule has 8 nitrogen and oxygen atoms in total. The fourth-order valence-corrected chi connectivity index (χ4v) is 7.99. The normalized spacial score (nSPS) is 31.0. The minimum absolute atomic E-state index is 0.161. The Balaban J connectivity index is 1.40. The van der Waals surface area contributed by atoms with Gasteiger partial charge in [0.15, 0.2) is 0 Å². The van der Waals surface area contributed by atoms with Crippen LogP contribution in [0.2, 0.25) is 0 Å². The number of rotatable bonds is 11. The Morgan fingerprint density at radius 3 is 1.94 bits per heavy atom. The van der Waals surface area contributed by atoms with E-state index < -0.39 is 18.2 Å². The third-order valence-corrected chi connectivity index (χ3v) is 10.5. The monoisotopic (exact) mass is 662 g/mol. The van der Waals surface area contributed by atoms with Gasteiger partial charge in [0.2, 0.25) is 0 Å². The van der Waals surface area contributed by atoms with E-state index in [1.165, 1.54) is 24.0 Å². The number of carbonyl (C=O) groups excluding carboxylic acids is 2. The Bertz CT molecular complexity index is 1280. The molecule has 0 amide bonds. The molecule has 4 N–H and O–H groups in total. The van der Waals surface area contributed by atoms with Gasteiger partial charge in [0.05, 0.1) is 18.3 Å². The quantitative estimate of drug-likeness (QED) is 0.272. The second kappa shape index (κ2) is 18.3. The van der Waals surface area contributed by atoms with Crippen LogP contribution in [0.5, 0.6) is 0 Å². The summed E-state index contributed by atoms with van der Waals surface area (Å²) in [5, 5.41) is 0. The SMILES string of the molecule is CCCOC1C(Cc2cccc(CC3OC(=O)C(N)CCCC(Cc4ccccc4)C3OC3CCCC3)c2)CCCC(N)C(=O)OC1C. The van der Waals surface area contributed by atoms with Crippen LogP contribution in [0.4, 0.5) is 0 Å². The highest BCUT2D eigenvalue weighted by Crippen LogP contribution is 2.34. The predicted molar refractivity (Wildman–Crippen MR) is 187 cm³/mol. The first-order chi connectivity index (χ1) is 23.3. The summed E-state index contributed by atoms with van der Waals surface area (Å²) >= 11 is 0. The topological polar surface area (TPSA) is 123 Å². The first-order valence-electron chi connectivity index (χ1n) is 18.6. The Hall–Kier alpha value is -2.78. The molecule has 3 aliphatic rings. The number of hydrogen-bond acceptors (Lipinski definition) is 8. The number of hydrogen-bond donors (Lipinski definition) is 2. The van der Waals surface area contributed by atoms with Crippen molar-refractivity contribution in [2.24, 2.45) is 23.3 Å². The fraction of sp³-hybridized carbons (Fsp3) is 0.650. The summed E-state index contributed by atoms with van der Waals surface area (Å²) in [5.74, 6) is -0.321. The molecule has 2 aliphatic heterocycles. The molecule has 8 atom stereocenters. The molecule has 5 rings (SSSR count). The van der Waals surface area contributed by atoms with Gasteiger partial charge in [-0.05, 0) is 93.2 Å². The van der Waals surface area contributed by atoms with Crippen molar-refractivity contribution in [1.29, 1.82) is 0 Å². The van der Waals surface area contributed by atoms with Crippen LogP contribution >= 0.6 is 0 Å². The zero-order chi connectivity index (χ0) is 33.9. The molecule has 2 aromatic rings. The first-order valence-corrected chi connectivity index (χ1v) is 18.6. The lowest BCUT2D eigenvalue weighted by Crippen LogP contribution is -2.44. The van der Waals surface area contributed by atoms with Gasteiger partial charge < -0.3 is 30.4 Å². The highest BCUT2D eigenvalue weighted by Gasteiger charge is 2.38. The van der Waals surface area contributed by atoms with E-state index in [1.807, 2.05) is 13.0 Å². The van der Waals surface area contributed by atoms with Gasteiger partial charge in [0.25, 0.3) is 0 Å². The Kier molecular flexibility index (Phi) is 13.9. The number of carbonyl (C=O) groups is 2. The van der Waals surface area contributed by atoms with E-state index >= 15 is 0 Å². The van der Waals surface area contributed by atoms with Crippen LogP contribution in [0.1, 0.15) is 101 Å². The Labute approximate surface area is 287 Å². The maximum atomic E-state index is 13.3. The molecule has 264 valence electrons. The van der Waals surface area contributed by atoms with Crippen molar-refractivity contribution in [2.45, 2.75) is 146 Å². The van der Waals surface area contributed by atoms with Crippen molar-refractivity contribution in [3.63, 3.8) is 0 Å². The number of benzene rings is 2. The molecule has 0 spiro atoms. The van der Waals surface area contributed by atoms with E-state index in [9.17, 15) is 9.59 Å². The maximum Gasteiger partial charge on any atom is 0.323 e. The molecule has 1 saturated carbocycles. The number of esters is 2. The van der Waals surface area contributed by atoms with Crippen LogP contribution in [0.15, 0.2) is 54.6 Å². The van der Waals surface area contributed by atoms with E-state index in [0.29, 0.717) is 25.9 Å². The van der Waals surface area contributed by atoms with Crippen molar-refractivity contribution in [3.05, 3.63) is 71.3 Å². The molecule has 48 heavy (non-hydrogen) atoms. The second-order valence-electron chi connectivity index (χ2n) is 14.5. The molecule has 0 bridgehead atoms. The van der Waals surface area contributed by atoms with Gasteiger partial charge >= 0.3 is 11.9 Å². The van der Waals surface area contributed by atoms with Gasteiger partial charge in [-0.25, -0.2) is 0 Å². The van der Waals surface area contributed by atoms with Gasteiger partial charge in [0, 0.05) is 13.0 Å². The minimum atomic E-state index is -0.630. The zero-order valence-corrected chi connectivity index (χ0v) is 29.1. The fourth-order valence-electron chi connectivity index (χ4n) is 7.99. The smallest absolute Gasteiger partial charge is 0.323 e. The number of cyclic esters (lactones) is 2. The largest absolute Gasteiger partial charge is 0.459 e. The summed E-state index contributed by atoms with van der Waals surface area (Å²) in [5.41, 5.74) is 16.0. The van der Waals surface area contributed by atoms with Crippen molar-refractivity contribution in [1.82, 2.24) is 0 Å². The lowest BCUT2D eigenvalue weighted by molar-refractivity contribution is -0.166. The summed E-state index contributed by atoms with van der Waals surface area (Å²) in [7, 11) is 0. The van der Waals surface area contributed by atoms with Crippen molar-refractivity contribution in [3.8, 4) is 0 Å². The van der Waals surface area contributed by atoms with E-state index in [4.69, 9.17) is 30.4 Å². The summed E-state index contributed by atoms with van der Waals surface area (Å²) in [4.78, 5) is 25.9. The summed E-state index contributed by atoms with van der Waals surface area (Å²) in [6.07, 6.45) is 11.2. The summed E-state index contributed by atoms with van der Waals surface area (Å²) in [6.45, 7) is 4.62. The first kappa shape index (κ1) is 36.5. The molecule has 0 aromatic heterocycles. The molecule has 2 aromatic carbocycles. The lowest BCUT2D eigenvalue weighted by Gasteiger charge is -2.35.